The SMILES string of the molecule is CCCOc1ccc(OCCC)c(-c2ccc(-c3nnn[nH]3)c(=O)[nH]2)c1. The third-order valence-electron chi connectivity index (χ3n) is 3.69. The van der Waals surface area contributed by atoms with Crippen molar-refractivity contribution in [2.45, 2.75) is 26.7 Å². The van der Waals surface area contributed by atoms with Crippen LogP contribution in [0.2, 0.25) is 0 Å². The predicted octanol–water partition coefficient (Wildman–Crippen LogP) is 2.80. The van der Waals surface area contributed by atoms with Crippen molar-refractivity contribution < 1.29 is 9.47 Å². The molecule has 0 unspecified atom stereocenters. The summed E-state index contributed by atoms with van der Waals surface area (Å²) in [6.45, 7) is 5.31. The van der Waals surface area contributed by atoms with Crippen molar-refractivity contribution in [2.75, 3.05) is 13.2 Å². The molecule has 26 heavy (non-hydrogen) atoms. The number of pyridine rings is 1. The van der Waals surface area contributed by atoms with Gasteiger partial charge in [0.1, 0.15) is 11.5 Å². The number of ether oxygens (including phenoxy) is 2. The third kappa shape index (κ3) is 3.90. The Morgan fingerprint density at radius 1 is 1.00 bits per heavy atom. The highest BCUT2D eigenvalue weighted by molar-refractivity contribution is 5.70. The Balaban J connectivity index is 2.00. The Morgan fingerprint density at radius 2 is 1.81 bits per heavy atom. The lowest BCUT2D eigenvalue weighted by molar-refractivity contribution is 0.309. The van der Waals surface area contributed by atoms with Gasteiger partial charge in [-0.15, -0.1) is 5.10 Å². The molecule has 0 fully saturated rings. The van der Waals surface area contributed by atoms with Crippen molar-refractivity contribution in [1.29, 1.82) is 0 Å². The lowest BCUT2D eigenvalue weighted by Gasteiger charge is -2.13. The van der Waals surface area contributed by atoms with Crippen LogP contribution in [0.15, 0.2) is 35.1 Å². The van der Waals surface area contributed by atoms with Crippen molar-refractivity contribution in [3.8, 4) is 34.1 Å². The van der Waals surface area contributed by atoms with Gasteiger partial charge in [-0.2, -0.15) is 0 Å². The summed E-state index contributed by atoms with van der Waals surface area (Å²) in [5.41, 5.74) is 1.49. The standard InChI is InChI=1S/C18H21N5O3/c1-3-9-25-12-5-8-16(26-10-4-2)14(11-12)15-7-6-13(18(24)19-15)17-20-22-23-21-17/h5-8,11H,3-4,9-10H2,1-2H3,(H,19,24)(H,20,21,22,23). The van der Waals surface area contributed by atoms with E-state index < -0.39 is 0 Å². The number of rotatable bonds is 8. The van der Waals surface area contributed by atoms with Crippen LogP contribution < -0.4 is 15.0 Å². The number of benzene rings is 1. The lowest BCUT2D eigenvalue weighted by atomic mass is 10.1. The first-order valence-corrected chi connectivity index (χ1v) is 8.60. The number of H-pyrrole nitrogens is 2. The highest BCUT2D eigenvalue weighted by Crippen LogP contribution is 2.32. The normalized spacial score (nSPS) is 10.7. The van der Waals surface area contributed by atoms with Crippen LogP contribution in [0.4, 0.5) is 0 Å². The summed E-state index contributed by atoms with van der Waals surface area (Å²) in [4.78, 5) is 15.3. The molecule has 0 aliphatic carbocycles. The largest absolute Gasteiger partial charge is 0.494 e. The van der Waals surface area contributed by atoms with E-state index in [1.807, 2.05) is 32.0 Å². The molecule has 8 heteroatoms. The Morgan fingerprint density at radius 3 is 2.50 bits per heavy atom. The molecule has 2 N–H and O–H groups in total. The van der Waals surface area contributed by atoms with Crippen molar-refractivity contribution in [2.24, 2.45) is 0 Å². The fourth-order valence-corrected chi connectivity index (χ4v) is 2.46. The molecule has 0 saturated heterocycles. The van der Waals surface area contributed by atoms with Crippen molar-refractivity contribution in [1.82, 2.24) is 25.6 Å². The van der Waals surface area contributed by atoms with Gasteiger partial charge in [0.05, 0.1) is 24.5 Å². The summed E-state index contributed by atoms with van der Waals surface area (Å²) in [5.74, 6) is 1.75. The maximum atomic E-state index is 12.5. The Labute approximate surface area is 150 Å². The smallest absolute Gasteiger partial charge is 0.259 e. The van der Waals surface area contributed by atoms with E-state index in [1.165, 1.54) is 0 Å². The minimum absolute atomic E-state index is 0.289. The summed E-state index contributed by atoms with van der Waals surface area (Å²) in [6, 6.07) is 9.09. The Hall–Kier alpha value is -3.16. The Kier molecular flexibility index (Phi) is 5.62. The monoisotopic (exact) mass is 355 g/mol. The second kappa shape index (κ2) is 8.28. The van der Waals surface area contributed by atoms with Gasteiger partial charge in [-0.25, -0.2) is 5.10 Å². The number of hydrogen-bond acceptors (Lipinski definition) is 6. The lowest BCUT2D eigenvalue weighted by Crippen LogP contribution is -2.11. The van der Waals surface area contributed by atoms with Crippen molar-refractivity contribution in [3.05, 3.63) is 40.7 Å². The number of aromatic amines is 2. The molecular weight excluding hydrogens is 334 g/mol. The number of tetrazole rings is 1. The van der Waals surface area contributed by atoms with Crippen LogP contribution in [-0.4, -0.2) is 38.8 Å². The van der Waals surface area contributed by atoms with Crippen LogP contribution in [0, 0.1) is 0 Å². The van der Waals surface area contributed by atoms with Gasteiger partial charge in [-0.3, -0.25) is 4.79 Å². The Bertz CT molecular complexity index is 905. The zero-order valence-electron chi connectivity index (χ0n) is 14.8. The first-order valence-electron chi connectivity index (χ1n) is 8.60. The van der Waals surface area contributed by atoms with Crippen LogP contribution in [0.25, 0.3) is 22.6 Å². The molecule has 0 bridgehead atoms. The van der Waals surface area contributed by atoms with Gasteiger partial charge < -0.3 is 14.5 Å². The molecule has 0 saturated carbocycles. The van der Waals surface area contributed by atoms with E-state index >= 15 is 0 Å². The molecule has 1 aromatic carbocycles. The highest BCUT2D eigenvalue weighted by Gasteiger charge is 2.13. The van der Waals surface area contributed by atoms with Crippen LogP contribution in [0.3, 0.4) is 0 Å². The maximum absolute atomic E-state index is 12.5. The molecule has 0 aliphatic rings. The molecule has 3 aromatic rings. The minimum Gasteiger partial charge on any atom is -0.494 e. The van der Waals surface area contributed by atoms with E-state index in [4.69, 9.17) is 9.47 Å². The van der Waals surface area contributed by atoms with E-state index in [0.29, 0.717) is 36.0 Å². The fraction of sp³-hybridized carbons (Fsp3) is 0.333. The minimum atomic E-state index is -0.289. The van der Waals surface area contributed by atoms with Gasteiger partial charge in [0, 0.05) is 5.56 Å². The molecule has 3 rings (SSSR count). The second-order valence-electron chi connectivity index (χ2n) is 5.72. The van der Waals surface area contributed by atoms with E-state index in [1.54, 1.807) is 12.1 Å². The molecule has 2 heterocycles. The molecule has 0 amide bonds. The van der Waals surface area contributed by atoms with Crippen LogP contribution in [0.5, 0.6) is 11.5 Å². The quantitative estimate of drug-likeness (QED) is 0.643. The summed E-state index contributed by atoms with van der Waals surface area (Å²) in [7, 11) is 0. The maximum Gasteiger partial charge on any atom is 0.259 e. The average molecular weight is 355 g/mol. The topological polar surface area (TPSA) is 106 Å². The van der Waals surface area contributed by atoms with Crippen LogP contribution >= 0.6 is 0 Å². The van der Waals surface area contributed by atoms with E-state index in [9.17, 15) is 4.79 Å². The molecule has 0 radical (unpaired) electrons. The van der Waals surface area contributed by atoms with Crippen LogP contribution in [0.1, 0.15) is 26.7 Å². The van der Waals surface area contributed by atoms with Gasteiger partial charge >= 0.3 is 0 Å². The number of hydrogen-bond donors (Lipinski definition) is 2. The van der Waals surface area contributed by atoms with Crippen LogP contribution in [-0.2, 0) is 0 Å². The highest BCUT2D eigenvalue weighted by atomic mass is 16.5. The van der Waals surface area contributed by atoms with E-state index in [-0.39, 0.29) is 5.56 Å². The van der Waals surface area contributed by atoms with E-state index in [2.05, 4.69) is 25.6 Å². The van der Waals surface area contributed by atoms with E-state index in [0.717, 1.165) is 24.2 Å². The first kappa shape index (κ1) is 17.7. The predicted molar refractivity (Wildman–Crippen MR) is 97.2 cm³/mol. The van der Waals surface area contributed by atoms with Gasteiger partial charge in [-0.1, -0.05) is 13.8 Å². The van der Waals surface area contributed by atoms with Gasteiger partial charge in [0.15, 0.2) is 5.82 Å². The summed E-state index contributed by atoms with van der Waals surface area (Å²) < 4.78 is 11.5. The summed E-state index contributed by atoms with van der Waals surface area (Å²) >= 11 is 0. The number of nitrogens with zero attached hydrogens (tertiary/aromatic N) is 3. The average Bonchev–Trinajstić information content (AvgIpc) is 3.19. The zero-order chi connectivity index (χ0) is 18.4. The molecule has 8 nitrogen and oxygen atoms in total. The zero-order valence-corrected chi connectivity index (χ0v) is 14.8. The molecule has 0 spiro atoms. The third-order valence-corrected chi connectivity index (χ3v) is 3.69. The van der Waals surface area contributed by atoms with Gasteiger partial charge in [-0.05, 0) is 53.6 Å². The molecular formula is C18H21N5O3. The molecule has 0 atom stereocenters. The van der Waals surface area contributed by atoms with Crippen molar-refractivity contribution in [3.63, 3.8) is 0 Å². The fourth-order valence-electron chi connectivity index (χ4n) is 2.46. The van der Waals surface area contributed by atoms with Crippen molar-refractivity contribution >= 4 is 0 Å². The summed E-state index contributed by atoms with van der Waals surface area (Å²) in [6.07, 6.45) is 1.81. The van der Waals surface area contributed by atoms with Gasteiger partial charge in [0.25, 0.3) is 5.56 Å². The molecule has 2 aromatic heterocycles. The summed E-state index contributed by atoms with van der Waals surface area (Å²) in [5, 5.41) is 13.4. The second-order valence-corrected chi connectivity index (χ2v) is 5.72. The first-order chi connectivity index (χ1) is 12.7. The van der Waals surface area contributed by atoms with Gasteiger partial charge in [0.2, 0.25) is 0 Å². The molecule has 0 aliphatic heterocycles. The number of nitrogens with one attached hydrogen (secondary N) is 2. The molecule has 136 valence electrons. The number of aromatic nitrogens is 5.